The van der Waals surface area contributed by atoms with Gasteiger partial charge < -0.3 is 14.8 Å². The van der Waals surface area contributed by atoms with Crippen LogP contribution in [-0.2, 0) is 6.54 Å². The van der Waals surface area contributed by atoms with E-state index in [1.54, 1.807) is 26.6 Å². The number of hydrogen-bond acceptors (Lipinski definition) is 6. The summed E-state index contributed by atoms with van der Waals surface area (Å²) < 4.78 is 10.7. The van der Waals surface area contributed by atoms with Gasteiger partial charge in [0.25, 0.3) is 0 Å². The number of benzene rings is 2. The van der Waals surface area contributed by atoms with Crippen molar-refractivity contribution >= 4 is 24.1 Å². The minimum Gasteiger partial charge on any atom is -0.497 e. The molecule has 0 atom stereocenters. The van der Waals surface area contributed by atoms with E-state index in [4.69, 9.17) is 14.5 Å². The van der Waals surface area contributed by atoms with E-state index in [0.717, 1.165) is 28.1 Å². The lowest BCUT2D eigenvalue weighted by atomic mass is 10.1. The Bertz CT molecular complexity index is 1270. The van der Waals surface area contributed by atoms with Crippen LogP contribution in [0.1, 0.15) is 11.1 Å². The largest absolute Gasteiger partial charge is 0.497 e. The molecule has 0 spiro atoms. The summed E-state index contributed by atoms with van der Waals surface area (Å²) in [6, 6.07) is 19.1. The quantitative estimate of drug-likeness (QED) is 0.301. The Morgan fingerprint density at radius 1 is 1.03 bits per heavy atom. The highest BCUT2D eigenvalue weighted by atomic mass is 16.5. The Morgan fingerprint density at radius 2 is 1.88 bits per heavy atom. The predicted octanol–water partition coefficient (Wildman–Crippen LogP) is 4.88. The number of ether oxygens (including phenoxy) is 2. The molecule has 166 valence electrons. The van der Waals surface area contributed by atoms with Crippen molar-refractivity contribution in [3.05, 3.63) is 84.2 Å². The Labute approximate surface area is 192 Å². The second-order valence-corrected chi connectivity index (χ2v) is 7.09. The van der Waals surface area contributed by atoms with Crippen molar-refractivity contribution in [2.45, 2.75) is 6.54 Å². The summed E-state index contributed by atoms with van der Waals surface area (Å²) in [5.74, 6) is 2.65. The van der Waals surface area contributed by atoms with Gasteiger partial charge >= 0.3 is 0 Å². The average Bonchev–Trinajstić information content (AvgIpc) is 3.35. The van der Waals surface area contributed by atoms with Gasteiger partial charge in [0.1, 0.15) is 17.3 Å². The fraction of sp³-hybridized carbons (Fsp3) is 0.120. The number of hydrogen-bond donors (Lipinski definition) is 2. The minimum absolute atomic E-state index is 0.428. The maximum Gasteiger partial charge on any atom is 0.153 e. The highest BCUT2D eigenvalue weighted by Gasteiger charge is 2.14. The van der Waals surface area contributed by atoms with E-state index < -0.39 is 0 Å². The molecule has 0 radical (unpaired) electrons. The van der Waals surface area contributed by atoms with E-state index in [0.29, 0.717) is 29.6 Å². The summed E-state index contributed by atoms with van der Waals surface area (Å²) in [5.41, 5.74) is 4.21. The van der Waals surface area contributed by atoms with Crippen molar-refractivity contribution in [2.75, 3.05) is 19.5 Å². The maximum atomic E-state index is 5.41. The number of aromatic nitrogens is 3. The molecule has 0 aliphatic heterocycles. The van der Waals surface area contributed by atoms with E-state index >= 15 is 0 Å². The number of pyridine rings is 1. The number of rotatable bonds is 8. The van der Waals surface area contributed by atoms with Gasteiger partial charge in [0, 0.05) is 29.6 Å². The minimum atomic E-state index is 0.428. The zero-order valence-electron chi connectivity index (χ0n) is 18.4. The van der Waals surface area contributed by atoms with Crippen molar-refractivity contribution in [1.82, 2.24) is 15.2 Å². The van der Waals surface area contributed by atoms with Crippen LogP contribution in [0.3, 0.4) is 0 Å². The molecular formula is C25H24N6O2. The van der Waals surface area contributed by atoms with Gasteiger partial charge in [0.15, 0.2) is 5.82 Å². The second-order valence-electron chi connectivity index (χ2n) is 7.09. The zero-order chi connectivity index (χ0) is 23.0. The fourth-order valence-electron chi connectivity index (χ4n) is 3.27. The van der Waals surface area contributed by atoms with Crippen LogP contribution in [0.4, 0.5) is 11.5 Å². The molecule has 2 heterocycles. The Balaban J connectivity index is 1.69. The first-order valence-electron chi connectivity index (χ1n) is 10.3. The predicted molar refractivity (Wildman–Crippen MR) is 131 cm³/mol. The Kier molecular flexibility index (Phi) is 6.75. The Hall–Kier alpha value is -4.46. The van der Waals surface area contributed by atoms with Gasteiger partial charge in [-0.2, -0.15) is 5.10 Å². The fourth-order valence-corrected chi connectivity index (χ4v) is 3.27. The third-order valence-electron chi connectivity index (χ3n) is 4.98. The highest BCUT2D eigenvalue weighted by molar-refractivity contribution is 6.11. The maximum absolute atomic E-state index is 5.41. The number of nitrogens with one attached hydrogen (secondary N) is 2. The summed E-state index contributed by atoms with van der Waals surface area (Å²) in [4.78, 5) is 13.1. The van der Waals surface area contributed by atoms with E-state index in [9.17, 15) is 0 Å². The first kappa shape index (κ1) is 21.8. The summed E-state index contributed by atoms with van der Waals surface area (Å²) in [7, 11) is 3.26. The smallest absolute Gasteiger partial charge is 0.153 e. The lowest BCUT2D eigenvalue weighted by Gasteiger charge is -2.12. The van der Waals surface area contributed by atoms with Gasteiger partial charge in [0.2, 0.25) is 0 Å². The Morgan fingerprint density at radius 3 is 2.64 bits per heavy atom. The topological polar surface area (TPSA) is 96.8 Å². The van der Waals surface area contributed by atoms with Crippen LogP contribution < -0.4 is 14.8 Å². The average molecular weight is 441 g/mol. The monoisotopic (exact) mass is 440 g/mol. The molecule has 33 heavy (non-hydrogen) atoms. The summed E-state index contributed by atoms with van der Waals surface area (Å²) >= 11 is 0. The van der Waals surface area contributed by atoms with Crippen molar-refractivity contribution in [2.24, 2.45) is 9.98 Å². The van der Waals surface area contributed by atoms with Crippen LogP contribution in [0.25, 0.3) is 11.3 Å². The zero-order valence-corrected chi connectivity index (χ0v) is 18.4. The highest BCUT2D eigenvalue weighted by Crippen LogP contribution is 2.27. The molecule has 4 aromatic rings. The second kappa shape index (κ2) is 10.2. The third kappa shape index (κ3) is 5.24. The van der Waals surface area contributed by atoms with Crippen molar-refractivity contribution in [1.29, 1.82) is 0 Å². The van der Waals surface area contributed by atoms with Crippen molar-refractivity contribution in [3.63, 3.8) is 0 Å². The van der Waals surface area contributed by atoms with Crippen LogP contribution in [0.2, 0.25) is 0 Å². The van der Waals surface area contributed by atoms with Crippen LogP contribution >= 0.6 is 0 Å². The molecule has 0 bridgehead atoms. The van der Waals surface area contributed by atoms with E-state index in [2.05, 4.69) is 32.2 Å². The molecule has 2 N–H and O–H groups in total. The molecule has 2 aromatic heterocycles. The van der Waals surface area contributed by atoms with Crippen LogP contribution in [0.5, 0.6) is 11.5 Å². The number of H-pyrrole nitrogens is 1. The number of amidine groups is 1. The molecular weight excluding hydrogens is 416 g/mol. The van der Waals surface area contributed by atoms with Gasteiger partial charge in [-0.1, -0.05) is 18.2 Å². The van der Waals surface area contributed by atoms with Gasteiger partial charge in [-0.15, -0.1) is 0 Å². The summed E-state index contributed by atoms with van der Waals surface area (Å²) in [6.07, 6.45) is 3.52. The molecule has 0 amide bonds. The van der Waals surface area contributed by atoms with Crippen LogP contribution in [-0.4, -0.2) is 42.0 Å². The van der Waals surface area contributed by atoms with Crippen molar-refractivity contribution in [3.8, 4) is 22.8 Å². The lowest BCUT2D eigenvalue weighted by molar-refractivity contribution is 0.414. The molecule has 0 fully saturated rings. The first-order chi connectivity index (χ1) is 16.2. The lowest BCUT2D eigenvalue weighted by Crippen LogP contribution is -2.15. The van der Waals surface area contributed by atoms with Gasteiger partial charge in [-0.3, -0.25) is 20.1 Å². The number of nitrogens with zero attached hydrogens (tertiary/aromatic N) is 4. The molecule has 8 nitrogen and oxygen atoms in total. The molecule has 8 heteroatoms. The summed E-state index contributed by atoms with van der Waals surface area (Å²) in [6.45, 7) is 4.13. The molecule has 0 aliphatic carbocycles. The molecule has 4 rings (SSSR count). The van der Waals surface area contributed by atoms with E-state index in [1.165, 1.54) is 0 Å². The molecule has 0 saturated carbocycles. The summed E-state index contributed by atoms with van der Waals surface area (Å²) in [5, 5.41) is 10.8. The third-order valence-corrected chi connectivity index (χ3v) is 4.98. The van der Waals surface area contributed by atoms with Crippen LogP contribution in [0.15, 0.2) is 83.0 Å². The number of aliphatic imine (C=N–C) groups is 2. The molecule has 0 saturated heterocycles. The molecule has 2 aromatic carbocycles. The van der Waals surface area contributed by atoms with Gasteiger partial charge in [-0.05, 0) is 48.7 Å². The first-order valence-corrected chi connectivity index (χ1v) is 10.3. The number of aromatic amines is 1. The van der Waals surface area contributed by atoms with Crippen molar-refractivity contribution < 1.29 is 9.47 Å². The normalized spacial score (nSPS) is 11.2. The molecule has 0 unspecified atom stereocenters. The van der Waals surface area contributed by atoms with Gasteiger partial charge in [0.05, 0.1) is 32.1 Å². The SMILES string of the molecule is C=Nc1ccc(OC)cc1C(=NCc1cccnc1)Nc1cc(-c2cccc(OC)c2)[nH]n1. The van der Waals surface area contributed by atoms with E-state index in [1.807, 2.05) is 60.7 Å². The van der Waals surface area contributed by atoms with E-state index in [-0.39, 0.29) is 0 Å². The van der Waals surface area contributed by atoms with Gasteiger partial charge in [-0.25, -0.2) is 0 Å². The number of methoxy groups -OCH3 is 2. The standard InChI is InChI=1S/C25H24N6O2/c1-26-22-10-9-20(33-3)13-21(22)25(28-16-17-6-5-11-27-15-17)29-24-14-23(30-31-24)18-7-4-8-19(12-18)32-2/h4-15H,1,16H2,2-3H3,(H2,28,29,30,31). The van der Waals surface area contributed by atoms with Crippen LogP contribution in [0, 0.1) is 0 Å². The number of anilines is 1. The molecule has 0 aliphatic rings.